The SMILES string of the molecule is COc1cccc2c1C1(N)c3c(ccc4c3C3c5c-4ccc4c5C(N)(c5c(OC)cccc5C4(C)C)[n+]4ncn[n+]1c43)C2(C)C. The van der Waals surface area contributed by atoms with Gasteiger partial charge in [0.15, 0.2) is 5.92 Å². The molecular formula is C37H34N6O2+2. The Morgan fingerprint density at radius 1 is 0.600 bits per heavy atom. The third-order valence-corrected chi connectivity index (χ3v) is 11.8. The highest BCUT2D eigenvalue weighted by molar-refractivity contribution is 5.87. The van der Waals surface area contributed by atoms with E-state index in [0.29, 0.717) is 0 Å². The van der Waals surface area contributed by atoms with E-state index in [2.05, 4.69) is 64.1 Å². The van der Waals surface area contributed by atoms with Gasteiger partial charge in [-0.3, -0.25) is 11.5 Å². The summed E-state index contributed by atoms with van der Waals surface area (Å²) >= 11 is 0. The molecule has 0 saturated heterocycles. The summed E-state index contributed by atoms with van der Waals surface area (Å²) in [6, 6.07) is 21.6. The molecule has 3 heterocycles. The fraction of sp³-hybridized carbons (Fsp3) is 0.297. The fourth-order valence-electron chi connectivity index (χ4n) is 9.89. The number of rotatable bonds is 2. The normalized spacial score (nSPS) is 25.2. The van der Waals surface area contributed by atoms with Crippen LogP contribution in [0.5, 0.6) is 11.5 Å². The van der Waals surface area contributed by atoms with Gasteiger partial charge in [0.2, 0.25) is 6.33 Å². The van der Waals surface area contributed by atoms with Gasteiger partial charge in [-0.2, -0.15) is 0 Å². The van der Waals surface area contributed by atoms with Crippen LogP contribution in [0.15, 0.2) is 67.0 Å². The number of hydrogen-bond donors (Lipinski definition) is 2. The quantitative estimate of drug-likeness (QED) is 0.297. The minimum atomic E-state index is -1.18. The Morgan fingerprint density at radius 3 is 1.44 bits per heavy atom. The second-order valence-electron chi connectivity index (χ2n) is 14.2. The first kappa shape index (κ1) is 25.6. The second-order valence-corrected chi connectivity index (χ2v) is 14.2. The molecule has 0 bridgehead atoms. The van der Waals surface area contributed by atoms with Gasteiger partial charge >= 0.3 is 17.2 Å². The predicted octanol–water partition coefficient (Wildman–Crippen LogP) is 3.55. The maximum atomic E-state index is 7.91. The Morgan fingerprint density at radius 2 is 1.02 bits per heavy atom. The molecule has 0 fully saturated rings. The number of methoxy groups -OCH3 is 2. The Bertz CT molecular complexity index is 2100. The molecule has 2 unspecified atom stereocenters. The van der Waals surface area contributed by atoms with Crippen molar-refractivity contribution in [3.63, 3.8) is 0 Å². The van der Waals surface area contributed by atoms with Crippen LogP contribution >= 0.6 is 0 Å². The lowest BCUT2D eigenvalue weighted by Crippen LogP contribution is -2.82. The third kappa shape index (κ3) is 2.39. The highest BCUT2D eigenvalue weighted by Crippen LogP contribution is 2.64. The molecule has 0 radical (unpaired) electrons. The number of aromatic nitrogens is 4. The molecule has 8 nitrogen and oxygen atoms in total. The van der Waals surface area contributed by atoms with Gasteiger partial charge in [-0.05, 0) is 56.6 Å². The summed E-state index contributed by atoms with van der Waals surface area (Å²) in [6.07, 6.45) is 1.59. The van der Waals surface area contributed by atoms with E-state index in [1.165, 1.54) is 33.4 Å². The van der Waals surface area contributed by atoms with Crippen molar-refractivity contribution in [2.75, 3.05) is 14.2 Å². The Balaban J connectivity index is 1.45. The third-order valence-electron chi connectivity index (χ3n) is 11.8. The number of benzene rings is 4. The van der Waals surface area contributed by atoms with Crippen LogP contribution in [0.4, 0.5) is 0 Å². The first-order valence-corrected chi connectivity index (χ1v) is 15.5. The van der Waals surface area contributed by atoms with Crippen molar-refractivity contribution in [1.82, 2.24) is 10.2 Å². The number of fused-ring (bicyclic) bond motifs is 7. The number of nitrogens with two attached hydrogens (primary N) is 2. The van der Waals surface area contributed by atoms with Crippen molar-refractivity contribution in [3.05, 3.63) is 128 Å². The van der Waals surface area contributed by atoms with Crippen molar-refractivity contribution < 1.29 is 18.8 Å². The molecule has 222 valence electrons. The summed E-state index contributed by atoms with van der Waals surface area (Å²) in [7, 11) is 3.42. The maximum Gasteiger partial charge on any atom is 0.485 e. The molecule has 10 rings (SSSR count). The van der Waals surface area contributed by atoms with Gasteiger partial charge in [0.25, 0.3) is 0 Å². The van der Waals surface area contributed by atoms with Crippen LogP contribution in [-0.2, 0) is 22.2 Å². The van der Waals surface area contributed by atoms with Crippen molar-refractivity contribution in [3.8, 4) is 22.6 Å². The average Bonchev–Trinajstić information content (AvgIpc) is 3.39. The van der Waals surface area contributed by atoms with Crippen LogP contribution in [0, 0.1) is 0 Å². The van der Waals surface area contributed by atoms with Gasteiger partial charge in [0.1, 0.15) is 11.5 Å². The molecule has 0 amide bonds. The van der Waals surface area contributed by atoms with E-state index in [9.17, 15) is 0 Å². The molecule has 5 aromatic rings. The van der Waals surface area contributed by atoms with E-state index in [1.807, 2.05) is 33.6 Å². The molecule has 3 aliphatic carbocycles. The lowest BCUT2D eigenvalue weighted by Gasteiger charge is -2.46. The second kappa shape index (κ2) is 7.41. The van der Waals surface area contributed by atoms with Crippen LogP contribution < -0.4 is 30.3 Å². The largest absolute Gasteiger partial charge is 0.496 e. The van der Waals surface area contributed by atoms with Crippen molar-refractivity contribution >= 4 is 0 Å². The average molecular weight is 595 g/mol. The smallest absolute Gasteiger partial charge is 0.485 e. The summed E-state index contributed by atoms with van der Waals surface area (Å²) in [5.41, 5.74) is 26.3. The van der Waals surface area contributed by atoms with E-state index in [1.54, 1.807) is 20.5 Å². The number of hydrogen-bond acceptors (Lipinski definition) is 6. The zero-order valence-electron chi connectivity index (χ0n) is 26.2. The first-order chi connectivity index (χ1) is 21.5. The Kier molecular flexibility index (Phi) is 4.22. The van der Waals surface area contributed by atoms with Crippen LogP contribution in [0.3, 0.4) is 0 Å². The molecule has 1 aromatic heterocycles. The van der Waals surface area contributed by atoms with Crippen LogP contribution in [0.1, 0.15) is 95.1 Å². The van der Waals surface area contributed by atoms with Crippen molar-refractivity contribution in [2.45, 2.75) is 55.8 Å². The highest BCUT2D eigenvalue weighted by Gasteiger charge is 2.72. The Labute approximate surface area is 261 Å². The number of ether oxygens (including phenoxy) is 2. The van der Waals surface area contributed by atoms with E-state index < -0.39 is 11.3 Å². The fourth-order valence-corrected chi connectivity index (χ4v) is 9.89. The standard InChI is InChI=1S/C37H34N6O2/c1-34(2)20-9-7-11-24(44-5)29(20)36(38)31-22(34)15-13-18-19-14-16-23-32-27(19)28(26(18)31)33-42(36)40-17-41-43(33)37(32,39)30-21(35(23,3)4)10-8-12-25(30)45-6/h7-17,28H,38-39H2,1-6H3/q+2. The van der Waals surface area contributed by atoms with Crippen molar-refractivity contribution in [1.29, 1.82) is 0 Å². The van der Waals surface area contributed by atoms with Crippen LogP contribution in [0.2, 0.25) is 0 Å². The van der Waals surface area contributed by atoms with Crippen LogP contribution in [-0.4, -0.2) is 24.4 Å². The first-order valence-electron chi connectivity index (χ1n) is 15.5. The van der Waals surface area contributed by atoms with Gasteiger partial charge in [-0.15, -0.1) is 0 Å². The summed E-state index contributed by atoms with van der Waals surface area (Å²) in [6.45, 7) is 9.13. The minimum absolute atomic E-state index is 0.145. The molecule has 4 N–H and O–H groups in total. The number of nitrogens with zero attached hydrogens (tertiary/aromatic N) is 4. The van der Waals surface area contributed by atoms with Gasteiger partial charge < -0.3 is 9.47 Å². The summed E-state index contributed by atoms with van der Waals surface area (Å²) in [5, 5.41) is 10.0. The summed E-state index contributed by atoms with van der Waals surface area (Å²) < 4.78 is 16.1. The monoisotopic (exact) mass is 594 g/mol. The zero-order chi connectivity index (χ0) is 31.0. The van der Waals surface area contributed by atoms with Crippen molar-refractivity contribution in [2.24, 2.45) is 11.5 Å². The van der Waals surface area contributed by atoms with E-state index >= 15 is 0 Å². The van der Waals surface area contributed by atoms with Gasteiger partial charge in [0.05, 0.1) is 36.5 Å². The minimum Gasteiger partial charge on any atom is -0.496 e. The molecule has 8 heteroatoms. The highest BCUT2D eigenvalue weighted by atomic mass is 16.5. The van der Waals surface area contributed by atoms with E-state index in [-0.39, 0.29) is 16.7 Å². The lowest BCUT2D eigenvalue weighted by molar-refractivity contribution is -0.933. The van der Waals surface area contributed by atoms with Gasteiger partial charge in [0, 0.05) is 30.4 Å². The molecule has 2 atom stereocenters. The lowest BCUT2D eigenvalue weighted by atomic mass is 9.59. The molecule has 0 saturated carbocycles. The van der Waals surface area contributed by atoms with Gasteiger partial charge in [-0.25, -0.2) is 0 Å². The van der Waals surface area contributed by atoms with E-state index in [4.69, 9.17) is 31.1 Å². The zero-order valence-corrected chi connectivity index (χ0v) is 26.2. The molecule has 0 spiro atoms. The summed E-state index contributed by atoms with van der Waals surface area (Å²) in [5.74, 6) is 2.18. The maximum absolute atomic E-state index is 7.91. The van der Waals surface area contributed by atoms with Gasteiger partial charge in [-0.1, -0.05) is 76.2 Å². The molecule has 4 aromatic carbocycles. The Hall–Kier alpha value is -4.66. The molecule has 5 aliphatic rings. The van der Waals surface area contributed by atoms with E-state index in [0.717, 1.165) is 50.7 Å². The molecule has 45 heavy (non-hydrogen) atoms. The predicted molar refractivity (Wildman–Crippen MR) is 166 cm³/mol. The summed E-state index contributed by atoms with van der Waals surface area (Å²) in [4.78, 5) is 0. The topological polar surface area (TPSA) is 104 Å². The molecule has 2 aliphatic heterocycles. The molecular weight excluding hydrogens is 560 g/mol. The van der Waals surface area contributed by atoms with Crippen LogP contribution in [0.25, 0.3) is 11.1 Å².